The van der Waals surface area contributed by atoms with Crippen LogP contribution in [0.4, 0.5) is 10.1 Å². The summed E-state index contributed by atoms with van der Waals surface area (Å²) < 4.78 is 34.9. The molecule has 1 N–H and O–H groups in total. The molecule has 13 heteroatoms. The third-order valence-corrected chi connectivity index (χ3v) is 8.31. The highest BCUT2D eigenvalue weighted by atomic mass is 19.1. The van der Waals surface area contributed by atoms with Gasteiger partial charge >= 0.3 is 5.69 Å². The lowest BCUT2D eigenvalue weighted by Crippen LogP contribution is -2.44. The van der Waals surface area contributed by atoms with Gasteiger partial charge in [0.25, 0.3) is 11.5 Å². The van der Waals surface area contributed by atoms with Gasteiger partial charge in [-0.15, -0.1) is 6.58 Å². The van der Waals surface area contributed by atoms with E-state index in [0.717, 1.165) is 41.4 Å². The standard InChI is InChI=1S/C37H37FN6O6/c1-3-17-43-36(46)34(41-44(37(43)47)26-11-6-4-7-12-26)35(45)40-25-13-14-31(28(38)22-25)50-30-15-16-39-29-24-32(48-2)33(23-27(29)30)49-21-10-20-42-18-8-5-9-19-42/h3-4,6-7,11-16,22-24H,1,5,8-10,17-21H2,2H3,(H,40,45). The van der Waals surface area contributed by atoms with E-state index in [0.29, 0.717) is 40.4 Å². The molecule has 1 aliphatic rings. The van der Waals surface area contributed by atoms with Crippen molar-refractivity contribution in [3.63, 3.8) is 0 Å². The minimum absolute atomic E-state index is 0.0401. The first-order valence-electron chi connectivity index (χ1n) is 16.4. The summed E-state index contributed by atoms with van der Waals surface area (Å²) in [5, 5.41) is 7.14. The number of ether oxygens (including phenoxy) is 3. The Balaban J connectivity index is 1.20. The van der Waals surface area contributed by atoms with Crippen LogP contribution < -0.4 is 30.8 Å². The number of likely N-dealkylation sites (tertiary alicyclic amines) is 1. The first-order chi connectivity index (χ1) is 24.4. The van der Waals surface area contributed by atoms with Gasteiger partial charge in [-0.05, 0) is 68.8 Å². The maximum atomic E-state index is 15.4. The number of carbonyl (C=O) groups excluding carboxylic acids is 1. The van der Waals surface area contributed by atoms with Gasteiger partial charge < -0.3 is 24.4 Å². The van der Waals surface area contributed by atoms with E-state index >= 15 is 4.39 Å². The van der Waals surface area contributed by atoms with Gasteiger partial charge in [0, 0.05) is 42.5 Å². The zero-order valence-corrected chi connectivity index (χ0v) is 27.6. The number of amides is 1. The molecular weight excluding hydrogens is 643 g/mol. The van der Waals surface area contributed by atoms with Crippen LogP contribution in [0.15, 0.2) is 95.2 Å². The number of hydrogen-bond donors (Lipinski definition) is 1. The average Bonchev–Trinajstić information content (AvgIpc) is 3.13. The van der Waals surface area contributed by atoms with E-state index < -0.39 is 28.7 Å². The maximum absolute atomic E-state index is 15.4. The lowest BCUT2D eigenvalue weighted by atomic mass is 10.1. The fourth-order valence-electron chi connectivity index (χ4n) is 5.80. The maximum Gasteiger partial charge on any atom is 0.352 e. The quantitative estimate of drug-likeness (QED) is 0.125. The molecule has 0 bridgehead atoms. The molecule has 0 unspecified atom stereocenters. The third kappa shape index (κ3) is 7.57. The summed E-state index contributed by atoms with van der Waals surface area (Å²) in [5.74, 6) is -0.434. The molecule has 1 amide bonds. The van der Waals surface area contributed by atoms with E-state index in [1.807, 2.05) is 0 Å². The Morgan fingerprint density at radius 3 is 2.52 bits per heavy atom. The Kier molecular flexibility index (Phi) is 10.6. The van der Waals surface area contributed by atoms with Crippen molar-refractivity contribution >= 4 is 22.5 Å². The van der Waals surface area contributed by atoms with Gasteiger partial charge in [0.1, 0.15) is 5.75 Å². The summed E-state index contributed by atoms with van der Waals surface area (Å²) in [5.41, 5.74) is -1.25. The van der Waals surface area contributed by atoms with Crippen molar-refractivity contribution in [3.05, 3.63) is 118 Å². The summed E-state index contributed by atoms with van der Waals surface area (Å²) in [6, 6.07) is 17.3. The molecule has 3 heterocycles. The van der Waals surface area contributed by atoms with Crippen LogP contribution in [0.5, 0.6) is 23.0 Å². The predicted molar refractivity (Wildman–Crippen MR) is 187 cm³/mol. The van der Waals surface area contributed by atoms with Crippen LogP contribution in [0.3, 0.4) is 0 Å². The summed E-state index contributed by atoms with van der Waals surface area (Å²) in [6.45, 7) is 7.15. The predicted octanol–water partition coefficient (Wildman–Crippen LogP) is 5.58. The van der Waals surface area contributed by atoms with Crippen LogP contribution in [0.2, 0.25) is 0 Å². The highest BCUT2D eigenvalue weighted by Gasteiger charge is 2.21. The van der Waals surface area contributed by atoms with Crippen molar-refractivity contribution in [2.75, 3.05) is 38.7 Å². The zero-order chi connectivity index (χ0) is 35.0. The van der Waals surface area contributed by atoms with Crippen LogP contribution >= 0.6 is 0 Å². The number of piperidine rings is 1. The Labute approximate surface area is 287 Å². The Bertz CT molecular complexity index is 2130. The van der Waals surface area contributed by atoms with E-state index in [1.54, 1.807) is 61.8 Å². The van der Waals surface area contributed by atoms with Crippen LogP contribution in [-0.4, -0.2) is 63.5 Å². The number of nitrogens with zero attached hydrogens (tertiary/aromatic N) is 5. The van der Waals surface area contributed by atoms with Gasteiger partial charge in [-0.2, -0.15) is 9.78 Å². The molecule has 50 heavy (non-hydrogen) atoms. The number of anilines is 1. The lowest BCUT2D eigenvalue weighted by molar-refractivity contribution is 0.101. The highest BCUT2D eigenvalue weighted by Crippen LogP contribution is 2.38. The molecule has 6 rings (SSSR count). The summed E-state index contributed by atoms with van der Waals surface area (Å²) >= 11 is 0. The van der Waals surface area contributed by atoms with Crippen molar-refractivity contribution in [3.8, 4) is 28.7 Å². The van der Waals surface area contributed by atoms with E-state index in [-0.39, 0.29) is 18.0 Å². The first kappa shape index (κ1) is 34.1. The second-order valence-electron chi connectivity index (χ2n) is 11.7. The SMILES string of the molecule is C=CCn1c(=O)c(C(=O)Nc2ccc(Oc3ccnc4cc(OC)c(OCCCN5CCCCC5)cc34)c(F)c2)nn(-c2ccccc2)c1=O. The molecule has 5 aromatic rings. The molecule has 0 radical (unpaired) electrons. The Hall–Kier alpha value is -5.82. The number of benzene rings is 3. The summed E-state index contributed by atoms with van der Waals surface area (Å²) in [7, 11) is 1.56. The monoisotopic (exact) mass is 680 g/mol. The second kappa shape index (κ2) is 15.6. The number of halogens is 1. The van der Waals surface area contributed by atoms with Crippen LogP contribution in [-0.2, 0) is 6.54 Å². The van der Waals surface area contributed by atoms with Crippen molar-refractivity contribution < 1.29 is 23.4 Å². The average molecular weight is 681 g/mol. The van der Waals surface area contributed by atoms with E-state index in [1.165, 1.54) is 37.5 Å². The van der Waals surface area contributed by atoms with E-state index in [9.17, 15) is 14.4 Å². The molecule has 258 valence electrons. The molecule has 12 nitrogen and oxygen atoms in total. The van der Waals surface area contributed by atoms with Crippen molar-refractivity contribution in [1.82, 2.24) is 24.2 Å². The molecular formula is C37H37FN6O6. The van der Waals surface area contributed by atoms with Gasteiger partial charge in [-0.25, -0.2) is 9.18 Å². The Morgan fingerprint density at radius 1 is 0.980 bits per heavy atom. The first-order valence-corrected chi connectivity index (χ1v) is 16.4. The van der Waals surface area contributed by atoms with Crippen LogP contribution in [0, 0.1) is 5.82 Å². The second-order valence-corrected chi connectivity index (χ2v) is 11.7. The number of methoxy groups -OCH3 is 1. The van der Waals surface area contributed by atoms with Gasteiger partial charge in [-0.1, -0.05) is 30.7 Å². The topological polar surface area (TPSA) is 130 Å². The molecule has 0 atom stereocenters. The molecule has 3 aromatic carbocycles. The lowest BCUT2D eigenvalue weighted by Gasteiger charge is -2.26. The van der Waals surface area contributed by atoms with E-state index in [4.69, 9.17) is 14.2 Å². The van der Waals surface area contributed by atoms with Crippen LogP contribution in [0.1, 0.15) is 36.2 Å². The smallest absolute Gasteiger partial charge is 0.352 e. The van der Waals surface area contributed by atoms with Gasteiger partial charge in [0.15, 0.2) is 23.1 Å². The molecule has 0 spiro atoms. The molecule has 1 fully saturated rings. The van der Waals surface area contributed by atoms with Crippen molar-refractivity contribution in [2.24, 2.45) is 0 Å². The summed E-state index contributed by atoms with van der Waals surface area (Å²) in [4.78, 5) is 46.2. The molecule has 0 saturated carbocycles. The van der Waals surface area contributed by atoms with Gasteiger partial charge in [-0.3, -0.25) is 19.1 Å². The van der Waals surface area contributed by atoms with Gasteiger partial charge in [0.2, 0.25) is 5.69 Å². The zero-order valence-electron chi connectivity index (χ0n) is 27.6. The Morgan fingerprint density at radius 2 is 1.78 bits per heavy atom. The largest absolute Gasteiger partial charge is 0.493 e. The number of pyridine rings is 1. The van der Waals surface area contributed by atoms with Gasteiger partial charge in [0.05, 0.1) is 24.9 Å². The number of allylic oxidation sites excluding steroid dienone is 1. The highest BCUT2D eigenvalue weighted by molar-refractivity contribution is 6.02. The summed E-state index contributed by atoms with van der Waals surface area (Å²) in [6.07, 6.45) is 7.53. The minimum Gasteiger partial charge on any atom is -0.493 e. The number of carbonyl (C=O) groups is 1. The molecule has 1 aliphatic heterocycles. The number of hydrogen-bond acceptors (Lipinski definition) is 9. The molecule has 1 saturated heterocycles. The number of rotatable bonds is 13. The number of para-hydroxylation sites is 1. The number of aromatic nitrogens is 4. The normalized spacial score (nSPS) is 13.2. The number of nitrogens with one attached hydrogen (secondary N) is 1. The molecule has 2 aromatic heterocycles. The van der Waals surface area contributed by atoms with Crippen molar-refractivity contribution in [2.45, 2.75) is 32.2 Å². The fourth-order valence-corrected chi connectivity index (χ4v) is 5.80. The van der Waals surface area contributed by atoms with Crippen LogP contribution in [0.25, 0.3) is 16.6 Å². The minimum atomic E-state index is -0.928. The fraction of sp³-hybridized carbons (Fsp3) is 0.270. The number of fused-ring (bicyclic) bond motifs is 1. The third-order valence-electron chi connectivity index (χ3n) is 8.31. The van der Waals surface area contributed by atoms with E-state index in [2.05, 4.69) is 26.9 Å². The van der Waals surface area contributed by atoms with Crippen molar-refractivity contribution in [1.29, 1.82) is 0 Å². The molecule has 0 aliphatic carbocycles.